The van der Waals surface area contributed by atoms with Gasteiger partial charge in [0.05, 0.1) is 0 Å². The van der Waals surface area contributed by atoms with Crippen LogP contribution in [0.4, 0.5) is 20.4 Å². The Morgan fingerprint density at radius 2 is 1.84 bits per heavy atom. The highest BCUT2D eigenvalue weighted by Crippen LogP contribution is 2.21. The van der Waals surface area contributed by atoms with Gasteiger partial charge in [-0.15, -0.1) is 0 Å². The van der Waals surface area contributed by atoms with Gasteiger partial charge in [-0.05, 0) is 11.6 Å². The molecular formula is C12H11BrF2N4. The highest BCUT2D eigenvalue weighted by molar-refractivity contribution is 9.10. The number of nitrogens with two attached hydrogens (primary N) is 1. The van der Waals surface area contributed by atoms with Crippen molar-refractivity contribution in [3.05, 3.63) is 52.0 Å². The van der Waals surface area contributed by atoms with E-state index in [0.717, 1.165) is 16.1 Å². The monoisotopic (exact) mass is 328 g/mol. The Bertz CT molecular complexity index is 592. The van der Waals surface area contributed by atoms with Crippen molar-refractivity contribution in [1.29, 1.82) is 0 Å². The molecule has 0 saturated carbocycles. The molecule has 19 heavy (non-hydrogen) atoms. The van der Waals surface area contributed by atoms with Gasteiger partial charge in [-0.1, -0.05) is 34.1 Å². The van der Waals surface area contributed by atoms with E-state index in [1.807, 2.05) is 24.3 Å². The number of nitrogen functional groups attached to an aromatic ring is 1. The molecule has 0 atom stereocenters. The lowest BCUT2D eigenvalue weighted by molar-refractivity contribution is 0.578. The number of hydrogen-bond acceptors (Lipinski definition) is 4. The van der Waals surface area contributed by atoms with Crippen molar-refractivity contribution in [2.45, 2.75) is 6.54 Å². The first-order chi connectivity index (χ1) is 9.11. The fourth-order valence-corrected chi connectivity index (χ4v) is 1.94. The first kappa shape index (κ1) is 13.7. The molecule has 100 valence electrons. The second-order valence-corrected chi connectivity index (χ2v) is 4.59. The summed E-state index contributed by atoms with van der Waals surface area (Å²) in [5.41, 5.74) is 3.00. The van der Waals surface area contributed by atoms with E-state index in [4.69, 9.17) is 5.84 Å². The van der Waals surface area contributed by atoms with E-state index in [1.54, 1.807) is 0 Å². The zero-order valence-corrected chi connectivity index (χ0v) is 11.3. The van der Waals surface area contributed by atoms with Gasteiger partial charge in [-0.25, -0.2) is 19.6 Å². The van der Waals surface area contributed by atoms with Crippen LogP contribution in [-0.4, -0.2) is 4.98 Å². The molecule has 1 aromatic heterocycles. The normalized spacial score (nSPS) is 10.3. The van der Waals surface area contributed by atoms with Crippen LogP contribution in [0.5, 0.6) is 0 Å². The van der Waals surface area contributed by atoms with Crippen LogP contribution in [0.3, 0.4) is 0 Å². The predicted octanol–water partition coefficient (Wildman–Crippen LogP) is 3.02. The van der Waals surface area contributed by atoms with Crippen LogP contribution in [0.15, 0.2) is 34.8 Å². The number of hydrazine groups is 1. The third-order valence-electron chi connectivity index (χ3n) is 2.47. The van der Waals surface area contributed by atoms with Gasteiger partial charge in [0.1, 0.15) is 0 Å². The van der Waals surface area contributed by atoms with E-state index in [9.17, 15) is 8.78 Å². The van der Waals surface area contributed by atoms with Crippen molar-refractivity contribution >= 4 is 27.6 Å². The SMILES string of the molecule is NNc1nc(NCc2ccccc2Br)c(F)cc1F. The highest BCUT2D eigenvalue weighted by atomic mass is 79.9. The van der Waals surface area contributed by atoms with E-state index in [-0.39, 0.29) is 11.6 Å². The average Bonchev–Trinajstić information content (AvgIpc) is 2.39. The molecule has 0 spiro atoms. The van der Waals surface area contributed by atoms with E-state index < -0.39 is 11.6 Å². The van der Waals surface area contributed by atoms with Gasteiger partial charge in [0, 0.05) is 17.1 Å². The van der Waals surface area contributed by atoms with E-state index in [0.29, 0.717) is 6.54 Å². The molecule has 0 fully saturated rings. The van der Waals surface area contributed by atoms with Crippen LogP contribution in [-0.2, 0) is 6.54 Å². The number of aromatic nitrogens is 1. The Balaban J connectivity index is 2.18. The summed E-state index contributed by atoms with van der Waals surface area (Å²) < 4.78 is 27.6. The van der Waals surface area contributed by atoms with Crippen LogP contribution < -0.4 is 16.6 Å². The second kappa shape index (κ2) is 5.94. The standard InChI is InChI=1S/C12H11BrF2N4/c13-8-4-2-1-3-7(8)6-17-11-9(14)5-10(15)12(18-11)19-16/h1-5H,6,16H2,(H2,17,18,19). The summed E-state index contributed by atoms with van der Waals surface area (Å²) in [7, 11) is 0. The Hall–Kier alpha value is -1.73. The van der Waals surface area contributed by atoms with Crippen molar-refractivity contribution < 1.29 is 8.78 Å². The van der Waals surface area contributed by atoms with Gasteiger partial charge in [-0.3, -0.25) is 0 Å². The maximum atomic E-state index is 13.5. The van der Waals surface area contributed by atoms with Crippen molar-refractivity contribution in [2.75, 3.05) is 10.7 Å². The van der Waals surface area contributed by atoms with Gasteiger partial charge >= 0.3 is 0 Å². The third-order valence-corrected chi connectivity index (χ3v) is 3.24. The van der Waals surface area contributed by atoms with Crippen LogP contribution in [0.2, 0.25) is 0 Å². The molecule has 2 rings (SSSR count). The summed E-state index contributed by atoms with van der Waals surface area (Å²) in [6.45, 7) is 0.348. The summed E-state index contributed by atoms with van der Waals surface area (Å²) in [6.07, 6.45) is 0. The number of pyridine rings is 1. The minimum absolute atomic E-state index is 0.0647. The molecule has 4 N–H and O–H groups in total. The molecule has 0 saturated heterocycles. The molecular weight excluding hydrogens is 318 g/mol. The largest absolute Gasteiger partial charge is 0.363 e. The molecule has 4 nitrogen and oxygen atoms in total. The molecule has 0 amide bonds. The van der Waals surface area contributed by atoms with Crippen molar-refractivity contribution in [3.8, 4) is 0 Å². The molecule has 7 heteroatoms. The van der Waals surface area contributed by atoms with Gasteiger partial charge < -0.3 is 10.7 Å². The van der Waals surface area contributed by atoms with Crippen molar-refractivity contribution in [2.24, 2.45) is 5.84 Å². The average molecular weight is 329 g/mol. The van der Waals surface area contributed by atoms with Crippen LogP contribution in [0.1, 0.15) is 5.56 Å². The summed E-state index contributed by atoms with van der Waals surface area (Å²) in [5, 5.41) is 2.79. The Morgan fingerprint density at radius 1 is 1.16 bits per heavy atom. The van der Waals surface area contributed by atoms with E-state index in [2.05, 4.69) is 31.7 Å². The highest BCUT2D eigenvalue weighted by Gasteiger charge is 2.11. The van der Waals surface area contributed by atoms with Gasteiger partial charge in [-0.2, -0.15) is 0 Å². The quantitative estimate of drug-likeness (QED) is 0.596. The molecule has 0 unspecified atom stereocenters. The Labute approximate surface area is 117 Å². The summed E-state index contributed by atoms with van der Waals surface area (Å²) >= 11 is 3.38. The molecule has 1 aromatic carbocycles. The lowest BCUT2D eigenvalue weighted by Gasteiger charge is -2.10. The fourth-order valence-electron chi connectivity index (χ4n) is 1.51. The zero-order chi connectivity index (χ0) is 13.8. The topological polar surface area (TPSA) is 63.0 Å². The van der Waals surface area contributed by atoms with Crippen LogP contribution in [0, 0.1) is 11.6 Å². The molecule has 0 aliphatic rings. The van der Waals surface area contributed by atoms with Crippen LogP contribution in [0.25, 0.3) is 0 Å². The number of halogens is 3. The first-order valence-electron chi connectivity index (χ1n) is 5.41. The number of hydrogen-bond donors (Lipinski definition) is 3. The van der Waals surface area contributed by atoms with Crippen molar-refractivity contribution in [3.63, 3.8) is 0 Å². The number of nitrogens with one attached hydrogen (secondary N) is 2. The van der Waals surface area contributed by atoms with Crippen molar-refractivity contribution in [1.82, 2.24) is 4.98 Å². The number of benzene rings is 1. The second-order valence-electron chi connectivity index (χ2n) is 3.74. The first-order valence-corrected chi connectivity index (χ1v) is 6.21. The summed E-state index contributed by atoms with van der Waals surface area (Å²) in [5.74, 6) is 3.20. The predicted molar refractivity (Wildman–Crippen MR) is 73.4 cm³/mol. The maximum absolute atomic E-state index is 13.5. The minimum atomic E-state index is -0.841. The smallest absolute Gasteiger partial charge is 0.178 e. The van der Waals surface area contributed by atoms with Gasteiger partial charge in [0.25, 0.3) is 0 Å². The molecule has 2 aromatic rings. The number of anilines is 2. The number of rotatable bonds is 4. The molecule has 0 bridgehead atoms. The van der Waals surface area contributed by atoms with Gasteiger partial charge in [0.2, 0.25) is 0 Å². The zero-order valence-electron chi connectivity index (χ0n) is 9.75. The Kier molecular flexibility index (Phi) is 4.28. The molecule has 0 aliphatic heterocycles. The van der Waals surface area contributed by atoms with Crippen LogP contribution >= 0.6 is 15.9 Å². The Morgan fingerprint density at radius 3 is 2.53 bits per heavy atom. The summed E-state index contributed by atoms with van der Waals surface area (Å²) in [6, 6.07) is 8.22. The fraction of sp³-hybridized carbons (Fsp3) is 0.0833. The lowest BCUT2D eigenvalue weighted by Crippen LogP contribution is -2.13. The lowest BCUT2D eigenvalue weighted by atomic mass is 10.2. The molecule has 1 heterocycles. The maximum Gasteiger partial charge on any atom is 0.178 e. The summed E-state index contributed by atoms with van der Waals surface area (Å²) in [4.78, 5) is 3.72. The third kappa shape index (κ3) is 3.18. The van der Waals surface area contributed by atoms with E-state index >= 15 is 0 Å². The minimum Gasteiger partial charge on any atom is -0.363 e. The molecule has 0 aliphatic carbocycles. The molecule has 0 radical (unpaired) electrons. The van der Waals surface area contributed by atoms with E-state index in [1.165, 1.54) is 0 Å². The number of nitrogens with zero attached hydrogens (tertiary/aromatic N) is 1. The van der Waals surface area contributed by atoms with Gasteiger partial charge in [0.15, 0.2) is 23.3 Å².